The van der Waals surface area contributed by atoms with Crippen LogP contribution in [0.1, 0.15) is 27.0 Å². The molecule has 28 heavy (non-hydrogen) atoms. The molecule has 0 aliphatic carbocycles. The summed E-state index contributed by atoms with van der Waals surface area (Å²) in [7, 11) is 0. The minimum Gasteiger partial charge on any atom is -0.379 e. The first-order valence-electron chi connectivity index (χ1n) is 9.32. The molecule has 0 bridgehead atoms. The predicted octanol–water partition coefficient (Wildman–Crippen LogP) is 4.06. The standard InChI is InChI=1S/C21H22ClN3O2S/c1-14-17(12-15-11-16(22)4-5-18(15)24-14)21(26)23-13-19(20-3-2-10-28-20)25-6-8-27-9-7-25/h2-5,10-12,19H,6-9,13H2,1H3,(H,23,26)/t19-/m0/s1. The van der Waals surface area contributed by atoms with Gasteiger partial charge in [-0.05, 0) is 42.6 Å². The first-order valence-corrected chi connectivity index (χ1v) is 10.6. The third kappa shape index (κ3) is 4.20. The lowest BCUT2D eigenvalue weighted by atomic mass is 10.1. The first-order chi connectivity index (χ1) is 13.6. The number of aromatic nitrogens is 1. The molecule has 3 aromatic rings. The minimum absolute atomic E-state index is 0.110. The molecule has 1 aliphatic heterocycles. The summed E-state index contributed by atoms with van der Waals surface area (Å²) >= 11 is 7.81. The molecule has 1 saturated heterocycles. The SMILES string of the molecule is Cc1nc2ccc(Cl)cc2cc1C(=O)NC[C@@H](c1cccs1)N1CCOCC1. The van der Waals surface area contributed by atoms with Crippen LogP contribution >= 0.6 is 22.9 Å². The summed E-state index contributed by atoms with van der Waals surface area (Å²) in [6.45, 7) is 5.60. The molecule has 0 radical (unpaired) electrons. The first kappa shape index (κ1) is 19.3. The number of carbonyl (C=O) groups excluding carboxylic acids is 1. The number of nitrogens with one attached hydrogen (secondary N) is 1. The van der Waals surface area contributed by atoms with E-state index in [4.69, 9.17) is 16.3 Å². The van der Waals surface area contributed by atoms with Crippen LogP contribution in [-0.4, -0.2) is 48.6 Å². The van der Waals surface area contributed by atoms with Crippen molar-refractivity contribution in [3.8, 4) is 0 Å². The highest BCUT2D eigenvalue weighted by atomic mass is 35.5. The van der Waals surface area contributed by atoms with Gasteiger partial charge < -0.3 is 10.1 Å². The van der Waals surface area contributed by atoms with Gasteiger partial charge in [0.05, 0.1) is 36.0 Å². The number of halogens is 1. The van der Waals surface area contributed by atoms with Crippen molar-refractivity contribution >= 4 is 39.7 Å². The number of morpholine rings is 1. The van der Waals surface area contributed by atoms with Crippen LogP contribution in [0.3, 0.4) is 0 Å². The van der Waals surface area contributed by atoms with Crippen molar-refractivity contribution in [1.29, 1.82) is 0 Å². The van der Waals surface area contributed by atoms with Crippen LogP contribution in [0.5, 0.6) is 0 Å². The van der Waals surface area contributed by atoms with Gasteiger partial charge in [-0.25, -0.2) is 0 Å². The molecule has 1 N–H and O–H groups in total. The van der Waals surface area contributed by atoms with Gasteiger partial charge in [-0.3, -0.25) is 14.7 Å². The number of ether oxygens (including phenoxy) is 1. The fourth-order valence-electron chi connectivity index (χ4n) is 3.54. The fourth-order valence-corrected chi connectivity index (χ4v) is 4.58. The molecular formula is C21H22ClN3O2S. The lowest BCUT2D eigenvalue weighted by Crippen LogP contribution is -2.43. The van der Waals surface area contributed by atoms with E-state index in [1.165, 1.54) is 4.88 Å². The molecule has 2 aromatic heterocycles. The van der Waals surface area contributed by atoms with Crippen molar-refractivity contribution < 1.29 is 9.53 Å². The van der Waals surface area contributed by atoms with E-state index in [0.717, 1.165) is 37.2 Å². The summed E-state index contributed by atoms with van der Waals surface area (Å²) in [5, 5.41) is 6.69. The van der Waals surface area contributed by atoms with Gasteiger partial charge in [-0.2, -0.15) is 0 Å². The molecule has 1 aliphatic rings. The molecule has 1 fully saturated rings. The van der Waals surface area contributed by atoms with Crippen LogP contribution in [0.2, 0.25) is 5.02 Å². The van der Waals surface area contributed by atoms with Gasteiger partial charge in [0.25, 0.3) is 5.91 Å². The van der Waals surface area contributed by atoms with Crippen LogP contribution in [0, 0.1) is 6.92 Å². The van der Waals surface area contributed by atoms with Gasteiger partial charge in [0.2, 0.25) is 0 Å². The normalized spacial score (nSPS) is 16.2. The van der Waals surface area contributed by atoms with Crippen molar-refractivity contribution in [3.05, 3.63) is 62.9 Å². The molecule has 5 nitrogen and oxygen atoms in total. The molecule has 1 atom stereocenters. The Labute approximate surface area is 173 Å². The van der Waals surface area contributed by atoms with Gasteiger partial charge in [0.15, 0.2) is 0 Å². The van der Waals surface area contributed by atoms with Crippen molar-refractivity contribution in [1.82, 2.24) is 15.2 Å². The number of carbonyl (C=O) groups is 1. The second-order valence-electron chi connectivity index (χ2n) is 6.85. The second-order valence-corrected chi connectivity index (χ2v) is 8.26. The molecule has 0 spiro atoms. The van der Waals surface area contributed by atoms with Crippen molar-refractivity contribution in [2.45, 2.75) is 13.0 Å². The Morgan fingerprint density at radius 3 is 2.89 bits per heavy atom. The van der Waals surface area contributed by atoms with E-state index in [1.54, 1.807) is 11.3 Å². The minimum atomic E-state index is -0.110. The predicted molar refractivity (Wildman–Crippen MR) is 113 cm³/mol. The van der Waals surface area contributed by atoms with Crippen LogP contribution in [0.4, 0.5) is 0 Å². The maximum Gasteiger partial charge on any atom is 0.253 e. The zero-order valence-corrected chi connectivity index (χ0v) is 17.2. The molecule has 0 unspecified atom stereocenters. The number of rotatable bonds is 5. The van der Waals surface area contributed by atoms with E-state index in [1.807, 2.05) is 31.2 Å². The summed E-state index contributed by atoms with van der Waals surface area (Å²) < 4.78 is 5.48. The Hall–Kier alpha value is -1.99. The Bertz CT molecular complexity index is 971. The Balaban J connectivity index is 1.53. The lowest BCUT2D eigenvalue weighted by Gasteiger charge is -2.34. The zero-order valence-electron chi connectivity index (χ0n) is 15.7. The van der Waals surface area contributed by atoms with Gasteiger partial charge in [0, 0.05) is 34.9 Å². The molecule has 0 saturated carbocycles. The number of nitrogens with zero attached hydrogens (tertiary/aromatic N) is 2. The van der Waals surface area contributed by atoms with Gasteiger partial charge in [0.1, 0.15) is 0 Å². The number of fused-ring (bicyclic) bond motifs is 1. The highest BCUT2D eigenvalue weighted by Gasteiger charge is 2.24. The van der Waals surface area contributed by atoms with E-state index in [-0.39, 0.29) is 11.9 Å². The quantitative estimate of drug-likeness (QED) is 0.682. The number of amides is 1. The number of aryl methyl sites for hydroxylation is 1. The van der Waals surface area contributed by atoms with Gasteiger partial charge in [-0.15, -0.1) is 11.3 Å². The fraction of sp³-hybridized carbons (Fsp3) is 0.333. The number of pyridine rings is 1. The number of thiophene rings is 1. The summed E-state index contributed by atoms with van der Waals surface area (Å²) in [5.74, 6) is -0.110. The van der Waals surface area contributed by atoms with Crippen molar-refractivity contribution in [2.24, 2.45) is 0 Å². The third-order valence-corrected chi connectivity index (χ3v) is 6.23. The zero-order chi connectivity index (χ0) is 19.5. The second kappa shape index (κ2) is 8.57. The van der Waals surface area contributed by atoms with Crippen LogP contribution < -0.4 is 5.32 Å². The Kier molecular flexibility index (Phi) is 5.92. The molecule has 1 aromatic carbocycles. The molecule has 3 heterocycles. The Morgan fingerprint density at radius 2 is 2.14 bits per heavy atom. The maximum absolute atomic E-state index is 12.9. The van der Waals surface area contributed by atoms with Gasteiger partial charge in [-0.1, -0.05) is 17.7 Å². The smallest absolute Gasteiger partial charge is 0.253 e. The summed E-state index contributed by atoms with van der Waals surface area (Å²) in [4.78, 5) is 21.1. The average molecular weight is 416 g/mol. The lowest BCUT2D eigenvalue weighted by molar-refractivity contribution is 0.0169. The van der Waals surface area contributed by atoms with Crippen molar-refractivity contribution in [2.75, 3.05) is 32.8 Å². The largest absolute Gasteiger partial charge is 0.379 e. The topological polar surface area (TPSA) is 54.5 Å². The van der Waals surface area contributed by atoms with E-state index in [2.05, 4.69) is 32.7 Å². The third-order valence-electron chi connectivity index (χ3n) is 5.03. The summed E-state index contributed by atoms with van der Waals surface area (Å²) in [6.07, 6.45) is 0. The van der Waals surface area contributed by atoms with Crippen LogP contribution in [0.15, 0.2) is 41.8 Å². The maximum atomic E-state index is 12.9. The van der Waals surface area contributed by atoms with E-state index >= 15 is 0 Å². The van der Waals surface area contributed by atoms with E-state index < -0.39 is 0 Å². The molecule has 146 valence electrons. The summed E-state index contributed by atoms with van der Waals surface area (Å²) in [5.41, 5.74) is 2.14. The van der Waals surface area contributed by atoms with Crippen molar-refractivity contribution in [3.63, 3.8) is 0 Å². The van der Waals surface area contributed by atoms with Crippen LogP contribution in [-0.2, 0) is 4.74 Å². The van der Waals surface area contributed by atoms with Crippen LogP contribution in [0.25, 0.3) is 10.9 Å². The van der Waals surface area contributed by atoms with E-state index in [9.17, 15) is 4.79 Å². The molecular weight excluding hydrogens is 394 g/mol. The monoisotopic (exact) mass is 415 g/mol. The number of hydrogen-bond donors (Lipinski definition) is 1. The number of benzene rings is 1. The molecule has 4 rings (SSSR count). The molecule has 7 heteroatoms. The van der Waals surface area contributed by atoms with Gasteiger partial charge >= 0.3 is 0 Å². The number of hydrogen-bond acceptors (Lipinski definition) is 5. The van der Waals surface area contributed by atoms with E-state index in [0.29, 0.717) is 22.8 Å². The Morgan fingerprint density at radius 1 is 1.32 bits per heavy atom. The summed E-state index contributed by atoms with van der Waals surface area (Å²) in [6, 6.07) is 11.7. The average Bonchev–Trinajstić information content (AvgIpc) is 3.23. The highest BCUT2D eigenvalue weighted by molar-refractivity contribution is 7.10. The highest BCUT2D eigenvalue weighted by Crippen LogP contribution is 2.26. The molecule has 1 amide bonds.